The van der Waals surface area contributed by atoms with Crippen molar-refractivity contribution in [1.82, 2.24) is 10.2 Å². The van der Waals surface area contributed by atoms with Crippen LogP contribution in [0.5, 0.6) is 0 Å². The summed E-state index contributed by atoms with van der Waals surface area (Å²) in [5.74, 6) is 0.0363. The number of benzene rings is 2. The second-order valence-electron chi connectivity index (χ2n) is 7.05. The molecule has 1 N–H and O–H groups in total. The van der Waals surface area contributed by atoms with Crippen LogP contribution >= 0.6 is 0 Å². The molecule has 1 heterocycles. The molecule has 0 bridgehead atoms. The molecule has 0 unspecified atom stereocenters. The molecule has 2 aromatic rings. The van der Waals surface area contributed by atoms with Crippen LogP contribution in [0.25, 0.3) is 0 Å². The number of anilines is 1. The quantitative estimate of drug-likeness (QED) is 0.911. The first-order valence-corrected chi connectivity index (χ1v) is 9.20. The number of piperazine rings is 1. The van der Waals surface area contributed by atoms with Gasteiger partial charge >= 0.3 is 6.03 Å². The van der Waals surface area contributed by atoms with Gasteiger partial charge in [0, 0.05) is 38.1 Å². The van der Waals surface area contributed by atoms with Crippen molar-refractivity contribution in [3.63, 3.8) is 0 Å². The smallest absolute Gasteiger partial charge is 0.317 e. The molecule has 6 heteroatoms. The molecule has 2 aromatic carbocycles. The number of carbonyl (C=O) groups excluding carboxylic acids is 1. The maximum atomic E-state index is 13.0. The first-order valence-electron chi connectivity index (χ1n) is 9.20. The van der Waals surface area contributed by atoms with Crippen molar-refractivity contribution < 1.29 is 9.18 Å². The van der Waals surface area contributed by atoms with Crippen molar-refractivity contribution in [2.75, 3.05) is 31.1 Å². The van der Waals surface area contributed by atoms with E-state index in [1.807, 2.05) is 29.2 Å². The number of nitrogens with zero attached hydrogens (tertiary/aromatic N) is 3. The Morgan fingerprint density at radius 3 is 2.48 bits per heavy atom. The Morgan fingerprint density at radius 1 is 1.07 bits per heavy atom. The van der Waals surface area contributed by atoms with Crippen LogP contribution in [0.2, 0.25) is 0 Å². The van der Waals surface area contributed by atoms with Gasteiger partial charge in [-0.15, -0.1) is 0 Å². The minimum atomic E-state index is -0.240. The monoisotopic (exact) mass is 364 g/mol. The lowest BCUT2D eigenvalue weighted by atomic mass is 10.1. The van der Waals surface area contributed by atoms with Gasteiger partial charge in [-0.2, -0.15) is 5.26 Å². The summed E-state index contributed by atoms with van der Waals surface area (Å²) in [6.07, 6.45) is 0.896. The highest BCUT2D eigenvalue weighted by Gasteiger charge is 2.40. The molecule has 138 valence electrons. The molecule has 0 aromatic heterocycles. The molecular formula is C21H21FN4O. The zero-order chi connectivity index (χ0) is 18.8. The lowest BCUT2D eigenvalue weighted by molar-refractivity contribution is 0.193. The van der Waals surface area contributed by atoms with Gasteiger partial charge in [-0.3, -0.25) is 0 Å². The van der Waals surface area contributed by atoms with Crippen LogP contribution in [0.15, 0.2) is 48.5 Å². The summed E-state index contributed by atoms with van der Waals surface area (Å²) in [5, 5.41) is 12.3. The third-order valence-electron chi connectivity index (χ3n) is 5.33. The molecule has 0 radical (unpaired) electrons. The number of hydrogen-bond acceptors (Lipinski definition) is 3. The molecule has 2 fully saturated rings. The number of urea groups is 1. The van der Waals surface area contributed by atoms with E-state index >= 15 is 0 Å². The maximum absolute atomic E-state index is 13.0. The number of hydrogen-bond donors (Lipinski definition) is 1. The minimum Gasteiger partial charge on any atom is -0.367 e. The number of rotatable bonds is 3. The van der Waals surface area contributed by atoms with E-state index in [0.29, 0.717) is 31.7 Å². The fourth-order valence-corrected chi connectivity index (χ4v) is 3.68. The molecule has 4 rings (SSSR count). The molecule has 1 saturated carbocycles. The Labute approximate surface area is 158 Å². The fraction of sp³-hybridized carbons (Fsp3) is 0.333. The largest absolute Gasteiger partial charge is 0.367 e. The molecule has 2 atom stereocenters. The average Bonchev–Trinajstić information content (AvgIpc) is 3.47. The summed E-state index contributed by atoms with van der Waals surface area (Å²) >= 11 is 0. The Bertz CT molecular complexity index is 868. The van der Waals surface area contributed by atoms with E-state index in [1.54, 1.807) is 12.1 Å². The number of nitriles is 1. The van der Waals surface area contributed by atoms with Gasteiger partial charge in [0.2, 0.25) is 0 Å². The Kier molecular flexibility index (Phi) is 4.68. The minimum absolute atomic E-state index is 0.0437. The van der Waals surface area contributed by atoms with Crippen molar-refractivity contribution in [2.24, 2.45) is 0 Å². The molecule has 2 amide bonds. The summed E-state index contributed by atoms with van der Waals surface area (Å²) in [7, 11) is 0. The third-order valence-corrected chi connectivity index (χ3v) is 5.33. The predicted molar refractivity (Wildman–Crippen MR) is 101 cm³/mol. The average molecular weight is 364 g/mol. The lowest BCUT2D eigenvalue weighted by Gasteiger charge is -2.36. The van der Waals surface area contributed by atoms with Gasteiger partial charge in [0.05, 0.1) is 11.3 Å². The number of para-hydroxylation sites is 1. The van der Waals surface area contributed by atoms with Crippen LogP contribution < -0.4 is 10.2 Å². The van der Waals surface area contributed by atoms with E-state index in [-0.39, 0.29) is 23.8 Å². The molecule has 0 spiro atoms. The van der Waals surface area contributed by atoms with Gasteiger partial charge < -0.3 is 15.1 Å². The molecule has 1 aliphatic carbocycles. The Hall–Kier alpha value is -3.07. The number of carbonyl (C=O) groups is 1. The van der Waals surface area contributed by atoms with Gasteiger partial charge in [0.25, 0.3) is 0 Å². The van der Waals surface area contributed by atoms with E-state index in [2.05, 4.69) is 16.3 Å². The Balaban J connectivity index is 1.29. The first kappa shape index (κ1) is 17.3. The fourth-order valence-electron chi connectivity index (χ4n) is 3.68. The van der Waals surface area contributed by atoms with E-state index in [4.69, 9.17) is 0 Å². The molecule has 2 aliphatic rings. The van der Waals surface area contributed by atoms with Gasteiger partial charge in [-0.05, 0) is 36.2 Å². The van der Waals surface area contributed by atoms with Gasteiger partial charge in [0.15, 0.2) is 0 Å². The summed E-state index contributed by atoms with van der Waals surface area (Å²) in [6.45, 7) is 2.66. The second kappa shape index (κ2) is 7.28. The van der Waals surface area contributed by atoms with Crippen molar-refractivity contribution in [2.45, 2.75) is 18.4 Å². The molecule has 27 heavy (non-hydrogen) atoms. The topological polar surface area (TPSA) is 59.4 Å². The molecule has 5 nitrogen and oxygen atoms in total. The summed E-state index contributed by atoms with van der Waals surface area (Å²) in [5.41, 5.74) is 2.66. The van der Waals surface area contributed by atoms with E-state index in [1.165, 1.54) is 12.1 Å². The van der Waals surface area contributed by atoms with Crippen LogP contribution in [0.1, 0.15) is 23.5 Å². The highest BCUT2D eigenvalue weighted by molar-refractivity contribution is 5.75. The third kappa shape index (κ3) is 3.72. The predicted octanol–water partition coefficient (Wildman–Crippen LogP) is 3.09. The summed E-state index contributed by atoms with van der Waals surface area (Å²) in [6, 6.07) is 16.4. The second-order valence-corrected chi connectivity index (χ2v) is 7.05. The summed E-state index contributed by atoms with van der Waals surface area (Å²) < 4.78 is 13.0. The molecule has 1 aliphatic heterocycles. The number of halogens is 1. The van der Waals surface area contributed by atoms with Crippen LogP contribution in [-0.2, 0) is 0 Å². The van der Waals surface area contributed by atoms with Crippen LogP contribution in [0.4, 0.5) is 14.9 Å². The standard InChI is InChI=1S/C21H21FN4O/c22-17-7-5-15(6-8-17)18-13-19(18)24-21(27)26-11-9-25(10-12-26)20-4-2-1-3-16(20)14-23/h1-8,18-19H,9-13H2,(H,24,27)/t18-,19+/m0/s1. The van der Waals surface area contributed by atoms with E-state index in [9.17, 15) is 14.4 Å². The zero-order valence-electron chi connectivity index (χ0n) is 14.9. The van der Waals surface area contributed by atoms with Crippen LogP contribution in [0.3, 0.4) is 0 Å². The zero-order valence-corrected chi connectivity index (χ0v) is 14.9. The Morgan fingerprint density at radius 2 is 1.78 bits per heavy atom. The highest BCUT2D eigenvalue weighted by Crippen LogP contribution is 2.40. The summed E-state index contributed by atoms with van der Waals surface area (Å²) in [4.78, 5) is 16.5. The van der Waals surface area contributed by atoms with Crippen LogP contribution in [-0.4, -0.2) is 43.2 Å². The maximum Gasteiger partial charge on any atom is 0.317 e. The van der Waals surface area contributed by atoms with Gasteiger partial charge in [0.1, 0.15) is 11.9 Å². The van der Waals surface area contributed by atoms with E-state index in [0.717, 1.165) is 17.7 Å². The van der Waals surface area contributed by atoms with Crippen LogP contribution in [0, 0.1) is 17.1 Å². The number of amides is 2. The SMILES string of the molecule is N#Cc1ccccc1N1CCN(C(=O)N[C@@H]2C[C@H]2c2ccc(F)cc2)CC1. The van der Waals surface area contributed by atoms with Gasteiger partial charge in [-0.1, -0.05) is 24.3 Å². The lowest BCUT2D eigenvalue weighted by Crippen LogP contribution is -2.52. The van der Waals surface area contributed by atoms with E-state index < -0.39 is 0 Å². The normalized spacial score (nSPS) is 21.5. The number of nitrogens with one attached hydrogen (secondary N) is 1. The highest BCUT2D eigenvalue weighted by atomic mass is 19.1. The first-order chi connectivity index (χ1) is 13.2. The van der Waals surface area contributed by atoms with Crippen molar-refractivity contribution >= 4 is 11.7 Å². The van der Waals surface area contributed by atoms with Crippen molar-refractivity contribution in [3.05, 3.63) is 65.5 Å². The van der Waals surface area contributed by atoms with Gasteiger partial charge in [-0.25, -0.2) is 9.18 Å². The molecular weight excluding hydrogens is 343 g/mol. The molecule has 1 saturated heterocycles. The van der Waals surface area contributed by atoms with Crippen molar-refractivity contribution in [3.8, 4) is 6.07 Å². The van der Waals surface area contributed by atoms with Crippen molar-refractivity contribution in [1.29, 1.82) is 5.26 Å².